The molecule has 1 aromatic heterocycles. The standard InChI is InChI=1S/C14H18N4/c1-10-16-17-14(18(10)13-5-6-13)12-4-2-3-11(9-12)7-8-15/h2-4,9,13H,5-8,15H2,1H3. The smallest absolute Gasteiger partial charge is 0.164 e. The van der Waals surface area contributed by atoms with E-state index in [4.69, 9.17) is 5.73 Å². The van der Waals surface area contributed by atoms with Gasteiger partial charge in [0.25, 0.3) is 0 Å². The van der Waals surface area contributed by atoms with Gasteiger partial charge in [0.05, 0.1) is 0 Å². The van der Waals surface area contributed by atoms with Crippen molar-refractivity contribution in [3.8, 4) is 11.4 Å². The van der Waals surface area contributed by atoms with Crippen LogP contribution in [0.15, 0.2) is 24.3 Å². The van der Waals surface area contributed by atoms with Crippen molar-refractivity contribution >= 4 is 0 Å². The molecule has 1 saturated carbocycles. The van der Waals surface area contributed by atoms with Gasteiger partial charge < -0.3 is 10.3 Å². The third-order valence-electron chi connectivity index (χ3n) is 3.40. The van der Waals surface area contributed by atoms with E-state index in [1.165, 1.54) is 18.4 Å². The maximum absolute atomic E-state index is 5.61. The Morgan fingerprint density at radius 3 is 2.89 bits per heavy atom. The molecular formula is C14H18N4. The maximum atomic E-state index is 5.61. The molecule has 0 bridgehead atoms. The van der Waals surface area contributed by atoms with Gasteiger partial charge in [-0.25, -0.2) is 0 Å². The number of nitrogens with zero attached hydrogens (tertiary/aromatic N) is 3. The highest BCUT2D eigenvalue weighted by Crippen LogP contribution is 2.38. The number of aromatic nitrogens is 3. The number of rotatable bonds is 4. The van der Waals surface area contributed by atoms with Gasteiger partial charge in [0, 0.05) is 11.6 Å². The molecule has 0 atom stereocenters. The summed E-state index contributed by atoms with van der Waals surface area (Å²) in [5, 5.41) is 8.55. The van der Waals surface area contributed by atoms with E-state index in [1.54, 1.807) is 0 Å². The third-order valence-corrected chi connectivity index (χ3v) is 3.40. The second-order valence-electron chi connectivity index (χ2n) is 4.91. The molecule has 3 rings (SSSR count). The molecule has 2 aromatic rings. The normalized spacial score (nSPS) is 15.0. The number of aryl methyl sites for hydroxylation is 1. The quantitative estimate of drug-likeness (QED) is 0.893. The molecule has 1 fully saturated rings. The fourth-order valence-electron chi connectivity index (χ4n) is 2.37. The highest BCUT2D eigenvalue weighted by Gasteiger charge is 2.28. The summed E-state index contributed by atoms with van der Waals surface area (Å²) in [6.07, 6.45) is 3.40. The summed E-state index contributed by atoms with van der Waals surface area (Å²) in [7, 11) is 0. The maximum Gasteiger partial charge on any atom is 0.164 e. The lowest BCUT2D eigenvalue weighted by atomic mass is 10.1. The van der Waals surface area contributed by atoms with E-state index >= 15 is 0 Å². The number of hydrogen-bond acceptors (Lipinski definition) is 3. The Morgan fingerprint density at radius 1 is 1.33 bits per heavy atom. The average molecular weight is 242 g/mol. The minimum absolute atomic E-state index is 0.605. The molecule has 18 heavy (non-hydrogen) atoms. The van der Waals surface area contributed by atoms with Crippen LogP contribution in [0.1, 0.15) is 30.3 Å². The van der Waals surface area contributed by atoms with Crippen molar-refractivity contribution in [3.05, 3.63) is 35.7 Å². The summed E-state index contributed by atoms with van der Waals surface area (Å²) >= 11 is 0. The van der Waals surface area contributed by atoms with Gasteiger partial charge >= 0.3 is 0 Å². The molecule has 94 valence electrons. The van der Waals surface area contributed by atoms with Crippen LogP contribution in [-0.2, 0) is 6.42 Å². The molecule has 0 amide bonds. The zero-order valence-electron chi connectivity index (χ0n) is 10.6. The predicted octanol–water partition coefficient (Wildman–Crippen LogP) is 2.09. The molecule has 4 nitrogen and oxygen atoms in total. The van der Waals surface area contributed by atoms with Gasteiger partial charge in [0.1, 0.15) is 5.82 Å². The Hall–Kier alpha value is -1.68. The van der Waals surface area contributed by atoms with Crippen LogP contribution >= 0.6 is 0 Å². The van der Waals surface area contributed by atoms with Crippen LogP contribution in [-0.4, -0.2) is 21.3 Å². The summed E-state index contributed by atoms with van der Waals surface area (Å²) in [4.78, 5) is 0. The predicted molar refractivity (Wildman–Crippen MR) is 71.2 cm³/mol. The monoisotopic (exact) mass is 242 g/mol. The van der Waals surface area contributed by atoms with Crippen molar-refractivity contribution in [3.63, 3.8) is 0 Å². The summed E-state index contributed by atoms with van der Waals surface area (Å²) in [6.45, 7) is 2.70. The van der Waals surface area contributed by atoms with Crippen molar-refractivity contribution in [1.82, 2.24) is 14.8 Å². The first-order valence-corrected chi connectivity index (χ1v) is 6.50. The van der Waals surface area contributed by atoms with Crippen molar-refractivity contribution in [2.45, 2.75) is 32.2 Å². The lowest BCUT2D eigenvalue weighted by Crippen LogP contribution is -2.03. The van der Waals surface area contributed by atoms with Gasteiger partial charge in [-0.15, -0.1) is 10.2 Å². The van der Waals surface area contributed by atoms with E-state index in [0.29, 0.717) is 12.6 Å². The van der Waals surface area contributed by atoms with E-state index < -0.39 is 0 Å². The van der Waals surface area contributed by atoms with E-state index in [2.05, 4.69) is 39.0 Å². The van der Waals surface area contributed by atoms with Crippen LogP contribution in [0.25, 0.3) is 11.4 Å². The van der Waals surface area contributed by atoms with Crippen LogP contribution in [0.5, 0.6) is 0 Å². The fraction of sp³-hybridized carbons (Fsp3) is 0.429. The van der Waals surface area contributed by atoms with Crippen molar-refractivity contribution in [1.29, 1.82) is 0 Å². The van der Waals surface area contributed by atoms with Crippen molar-refractivity contribution < 1.29 is 0 Å². The van der Waals surface area contributed by atoms with Gasteiger partial charge in [0.15, 0.2) is 5.82 Å². The van der Waals surface area contributed by atoms with Crippen LogP contribution < -0.4 is 5.73 Å². The van der Waals surface area contributed by atoms with Crippen molar-refractivity contribution in [2.24, 2.45) is 5.73 Å². The molecule has 0 radical (unpaired) electrons. The molecule has 4 heteroatoms. The number of nitrogens with two attached hydrogens (primary N) is 1. The first-order valence-electron chi connectivity index (χ1n) is 6.50. The molecule has 0 aliphatic heterocycles. The van der Waals surface area contributed by atoms with Gasteiger partial charge in [-0.3, -0.25) is 0 Å². The summed E-state index contributed by atoms with van der Waals surface area (Å²) < 4.78 is 2.27. The first kappa shape index (κ1) is 11.4. The lowest BCUT2D eigenvalue weighted by molar-refractivity contribution is 0.717. The van der Waals surface area contributed by atoms with Crippen LogP contribution in [0, 0.1) is 6.92 Å². The Kier molecular flexibility index (Phi) is 2.88. The lowest BCUT2D eigenvalue weighted by Gasteiger charge is -2.08. The van der Waals surface area contributed by atoms with E-state index in [1.807, 2.05) is 6.92 Å². The van der Waals surface area contributed by atoms with Crippen LogP contribution in [0.4, 0.5) is 0 Å². The van der Waals surface area contributed by atoms with E-state index in [0.717, 1.165) is 23.6 Å². The minimum atomic E-state index is 0.605. The largest absolute Gasteiger partial charge is 0.330 e. The summed E-state index contributed by atoms with van der Waals surface area (Å²) in [6, 6.07) is 9.06. The second-order valence-corrected chi connectivity index (χ2v) is 4.91. The van der Waals surface area contributed by atoms with Gasteiger partial charge in [-0.05, 0) is 44.4 Å². The minimum Gasteiger partial charge on any atom is -0.330 e. The molecule has 1 heterocycles. The summed E-state index contributed by atoms with van der Waals surface area (Å²) in [5.41, 5.74) is 8.02. The Balaban J connectivity index is 2.01. The van der Waals surface area contributed by atoms with Gasteiger partial charge in [-0.2, -0.15) is 0 Å². The molecule has 0 saturated heterocycles. The average Bonchev–Trinajstić information content (AvgIpc) is 3.13. The van der Waals surface area contributed by atoms with E-state index in [-0.39, 0.29) is 0 Å². The second kappa shape index (κ2) is 4.53. The molecule has 1 aliphatic rings. The number of benzene rings is 1. The van der Waals surface area contributed by atoms with Crippen LogP contribution in [0.3, 0.4) is 0 Å². The van der Waals surface area contributed by atoms with E-state index in [9.17, 15) is 0 Å². The topological polar surface area (TPSA) is 56.7 Å². The molecule has 1 aliphatic carbocycles. The molecular weight excluding hydrogens is 224 g/mol. The third kappa shape index (κ3) is 2.04. The highest BCUT2D eigenvalue weighted by molar-refractivity contribution is 5.57. The van der Waals surface area contributed by atoms with Crippen LogP contribution in [0.2, 0.25) is 0 Å². The Bertz CT molecular complexity index is 555. The van der Waals surface area contributed by atoms with Crippen molar-refractivity contribution in [2.75, 3.05) is 6.54 Å². The molecule has 2 N–H and O–H groups in total. The zero-order valence-corrected chi connectivity index (χ0v) is 10.6. The Morgan fingerprint density at radius 2 is 2.17 bits per heavy atom. The molecule has 0 unspecified atom stereocenters. The SMILES string of the molecule is Cc1nnc(-c2cccc(CCN)c2)n1C1CC1. The molecule has 1 aromatic carbocycles. The Labute approximate surface area is 107 Å². The number of hydrogen-bond donors (Lipinski definition) is 1. The first-order chi connectivity index (χ1) is 8.79. The highest BCUT2D eigenvalue weighted by atomic mass is 15.3. The van der Waals surface area contributed by atoms with Gasteiger partial charge in [-0.1, -0.05) is 18.2 Å². The fourth-order valence-corrected chi connectivity index (χ4v) is 2.37. The summed E-state index contributed by atoms with van der Waals surface area (Å²) in [5.74, 6) is 2.01. The zero-order chi connectivity index (χ0) is 12.5. The molecule has 0 spiro atoms. The van der Waals surface area contributed by atoms with Gasteiger partial charge in [0.2, 0.25) is 0 Å².